The Bertz CT molecular complexity index is 532. The van der Waals surface area contributed by atoms with Crippen molar-refractivity contribution in [3.63, 3.8) is 0 Å². The van der Waals surface area contributed by atoms with E-state index in [-0.39, 0.29) is 5.97 Å². The van der Waals surface area contributed by atoms with Gasteiger partial charge in [0.1, 0.15) is 5.60 Å². The second-order valence-electron chi connectivity index (χ2n) is 6.05. The Morgan fingerprint density at radius 3 is 2.45 bits per heavy atom. The average molecular weight is 307 g/mol. The van der Waals surface area contributed by atoms with Crippen LogP contribution in [-0.2, 0) is 15.9 Å². The van der Waals surface area contributed by atoms with E-state index < -0.39 is 11.7 Å². The highest BCUT2D eigenvalue weighted by Gasteiger charge is 2.15. The fourth-order valence-electron chi connectivity index (χ4n) is 1.94. The Hall–Kier alpha value is -2.04. The summed E-state index contributed by atoms with van der Waals surface area (Å²) in [4.78, 5) is 23.3. The molecule has 5 nitrogen and oxygen atoms in total. The third kappa shape index (κ3) is 6.16. The third-order valence-corrected chi connectivity index (χ3v) is 2.87. The van der Waals surface area contributed by atoms with E-state index >= 15 is 0 Å². The average Bonchev–Trinajstić information content (AvgIpc) is 2.36. The highest BCUT2D eigenvalue weighted by atomic mass is 16.6. The number of amides is 1. The number of carbonyl (C=O) groups excluding carboxylic acids is 2. The molecule has 0 atom stereocenters. The Labute approximate surface area is 132 Å². The molecule has 1 amide bonds. The van der Waals surface area contributed by atoms with Crippen molar-refractivity contribution >= 4 is 12.1 Å². The zero-order chi connectivity index (χ0) is 16.8. The molecule has 0 aliphatic carbocycles. The highest BCUT2D eigenvalue weighted by molar-refractivity contribution is 5.91. The summed E-state index contributed by atoms with van der Waals surface area (Å²) in [6, 6.07) is 5.56. The molecular weight excluding hydrogens is 282 g/mol. The van der Waals surface area contributed by atoms with Crippen LogP contribution in [-0.4, -0.2) is 30.8 Å². The zero-order valence-electron chi connectivity index (χ0n) is 14.0. The Morgan fingerprint density at radius 2 is 1.91 bits per heavy atom. The van der Waals surface area contributed by atoms with Crippen molar-refractivity contribution in [1.82, 2.24) is 5.32 Å². The monoisotopic (exact) mass is 307 g/mol. The summed E-state index contributed by atoms with van der Waals surface area (Å²) in [5.74, 6) is -0.307. The summed E-state index contributed by atoms with van der Waals surface area (Å²) in [5, 5.41) is 2.71. The molecule has 0 radical (unpaired) electrons. The molecule has 0 aliphatic rings. The van der Waals surface area contributed by atoms with Gasteiger partial charge in [-0.1, -0.05) is 12.1 Å². The molecule has 1 aromatic rings. The Balaban J connectivity index is 2.53. The summed E-state index contributed by atoms with van der Waals surface area (Å²) < 4.78 is 10.2. The molecule has 5 heteroatoms. The van der Waals surface area contributed by atoms with Crippen LogP contribution in [0.15, 0.2) is 18.2 Å². The van der Waals surface area contributed by atoms with Gasteiger partial charge in [0.2, 0.25) is 0 Å². The molecule has 1 N–H and O–H groups in total. The predicted molar refractivity (Wildman–Crippen MR) is 85.1 cm³/mol. The van der Waals surface area contributed by atoms with Gasteiger partial charge < -0.3 is 14.8 Å². The number of hydrogen-bond donors (Lipinski definition) is 1. The fraction of sp³-hybridized carbons (Fsp3) is 0.529. The van der Waals surface area contributed by atoms with E-state index in [9.17, 15) is 9.59 Å². The van der Waals surface area contributed by atoms with E-state index in [1.165, 1.54) is 0 Å². The second-order valence-corrected chi connectivity index (χ2v) is 6.05. The lowest BCUT2D eigenvalue weighted by atomic mass is 10.0. The first kappa shape index (κ1) is 18.0. The maximum atomic E-state index is 11.7. The van der Waals surface area contributed by atoms with Crippen LogP contribution >= 0.6 is 0 Å². The minimum absolute atomic E-state index is 0.307. The molecule has 0 aromatic heterocycles. The van der Waals surface area contributed by atoms with Gasteiger partial charge in [0.25, 0.3) is 0 Å². The number of rotatable bonds is 5. The van der Waals surface area contributed by atoms with Gasteiger partial charge in [-0.25, -0.2) is 9.59 Å². The van der Waals surface area contributed by atoms with Gasteiger partial charge in [-0.2, -0.15) is 0 Å². The quantitative estimate of drug-likeness (QED) is 0.848. The maximum Gasteiger partial charge on any atom is 0.407 e. The molecule has 0 bridgehead atoms. The van der Waals surface area contributed by atoms with Crippen LogP contribution in [0.3, 0.4) is 0 Å². The van der Waals surface area contributed by atoms with Gasteiger partial charge in [-0.3, -0.25) is 0 Å². The van der Waals surface area contributed by atoms with Gasteiger partial charge >= 0.3 is 12.1 Å². The first-order chi connectivity index (χ1) is 10.2. The number of alkyl carbamates (subject to hydrolysis) is 1. The predicted octanol–water partition coefficient (Wildman–Crippen LogP) is 3.24. The van der Waals surface area contributed by atoms with Crippen LogP contribution in [0.4, 0.5) is 4.79 Å². The molecule has 0 spiro atoms. The van der Waals surface area contributed by atoms with E-state index in [2.05, 4.69) is 5.32 Å². The molecule has 0 unspecified atom stereocenters. The molecule has 0 saturated heterocycles. The van der Waals surface area contributed by atoms with Gasteiger partial charge in [0, 0.05) is 6.54 Å². The number of esters is 1. The topological polar surface area (TPSA) is 64.6 Å². The number of ether oxygens (including phenoxy) is 2. The van der Waals surface area contributed by atoms with Crippen molar-refractivity contribution < 1.29 is 19.1 Å². The Morgan fingerprint density at radius 1 is 1.23 bits per heavy atom. The van der Waals surface area contributed by atoms with Crippen molar-refractivity contribution in [2.45, 2.75) is 46.6 Å². The first-order valence-electron chi connectivity index (χ1n) is 7.46. The van der Waals surface area contributed by atoms with E-state index in [0.29, 0.717) is 25.1 Å². The molecule has 0 aliphatic heterocycles. The summed E-state index contributed by atoms with van der Waals surface area (Å²) in [6.45, 7) is 9.96. The first-order valence-corrected chi connectivity index (χ1v) is 7.46. The number of nitrogens with one attached hydrogen (secondary N) is 1. The van der Waals surface area contributed by atoms with Crippen LogP contribution in [0, 0.1) is 6.92 Å². The molecule has 0 heterocycles. The molecule has 1 aromatic carbocycles. The SMILES string of the molecule is CCOC(=O)c1ccc(CCNC(=O)OC(C)(C)C)cc1C. The molecular formula is C17H25NO4. The summed E-state index contributed by atoms with van der Waals surface area (Å²) >= 11 is 0. The molecule has 0 saturated carbocycles. The van der Waals surface area contributed by atoms with Gasteiger partial charge in [-0.05, 0) is 58.2 Å². The lowest BCUT2D eigenvalue weighted by molar-refractivity contribution is 0.0517. The minimum atomic E-state index is -0.498. The minimum Gasteiger partial charge on any atom is -0.462 e. The lowest BCUT2D eigenvalue weighted by Crippen LogP contribution is -2.33. The number of carbonyl (C=O) groups is 2. The molecule has 0 fully saturated rings. The lowest BCUT2D eigenvalue weighted by Gasteiger charge is -2.19. The molecule has 122 valence electrons. The third-order valence-electron chi connectivity index (χ3n) is 2.87. The molecule has 22 heavy (non-hydrogen) atoms. The van der Waals surface area contributed by atoms with Crippen molar-refractivity contribution in [1.29, 1.82) is 0 Å². The summed E-state index contributed by atoms with van der Waals surface area (Å²) in [6.07, 6.45) is 0.246. The van der Waals surface area contributed by atoms with Crippen molar-refractivity contribution in [2.75, 3.05) is 13.2 Å². The Kier molecular flexibility index (Phi) is 6.40. The van der Waals surface area contributed by atoms with E-state index in [4.69, 9.17) is 9.47 Å². The summed E-state index contributed by atoms with van der Waals surface area (Å²) in [5.41, 5.74) is 1.99. The fourth-order valence-corrected chi connectivity index (χ4v) is 1.94. The standard InChI is InChI=1S/C17H25NO4/c1-6-21-15(19)14-8-7-13(11-12(14)2)9-10-18-16(20)22-17(3,4)5/h7-8,11H,6,9-10H2,1-5H3,(H,18,20). The van der Waals surface area contributed by atoms with Crippen molar-refractivity contribution in [3.05, 3.63) is 34.9 Å². The smallest absolute Gasteiger partial charge is 0.407 e. The highest BCUT2D eigenvalue weighted by Crippen LogP contribution is 2.13. The zero-order valence-corrected chi connectivity index (χ0v) is 14.0. The van der Waals surface area contributed by atoms with Crippen LogP contribution in [0.25, 0.3) is 0 Å². The molecule has 1 rings (SSSR count). The number of aryl methyl sites for hydroxylation is 1. The summed E-state index contributed by atoms with van der Waals surface area (Å²) in [7, 11) is 0. The number of hydrogen-bond acceptors (Lipinski definition) is 4. The second kappa shape index (κ2) is 7.82. The van der Waals surface area contributed by atoms with Gasteiger partial charge in [-0.15, -0.1) is 0 Å². The van der Waals surface area contributed by atoms with Crippen LogP contribution in [0.1, 0.15) is 49.2 Å². The largest absolute Gasteiger partial charge is 0.462 e. The van der Waals surface area contributed by atoms with E-state index in [1.807, 2.05) is 39.8 Å². The van der Waals surface area contributed by atoms with Gasteiger partial charge in [0.05, 0.1) is 12.2 Å². The number of benzene rings is 1. The van der Waals surface area contributed by atoms with E-state index in [1.54, 1.807) is 13.0 Å². The van der Waals surface area contributed by atoms with E-state index in [0.717, 1.165) is 11.1 Å². The van der Waals surface area contributed by atoms with Gasteiger partial charge in [0.15, 0.2) is 0 Å². The van der Waals surface area contributed by atoms with Crippen LogP contribution < -0.4 is 5.32 Å². The van der Waals surface area contributed by atoms with Crippen molar-refractivity contribution in [2.24, 2.45) is 0 Å². The van der Waals surface area contributed by atoms with Crippen molar-refractivity contribution in [3.8, 4) is 0 Å². The normalized spacial score (nSPS) is 11.0. The van der Waals surface area contributed by atoms with Crippen LogP contribution in [0.2, 0.25) is 0 Å². The van der Waals surface area contributed by atoms with Crippen LogP contribution in [0.5, 0.6) is 0 Å². The maximum absolute atomic E-state index is 11.7.